The molecule has 0 saturated heterocycles. The van der Waals surface area contributed by atoms with Gasteiger partial charge in [0.15, 0.2) is 0 Å². The molecule has 1 rings (SSSR count). The maximum Gasteiger partial charge on any atom is 0.240 e. The molecule has 0 spiro atoms. The quantitative estimate of drug-likeness (QED) is 0.432. The molecule has 3 nitrogen and oxygen atoms in total. The van der Waals surface area contributed by atoms with E-state index in [-0.39, 0.29) is 5.91 Å². The second kappa shape index (κ2) is 8.86. The minimum atomic E-state index is 0.0161. The van der Waals surface area contributed by atoms with E-state index in [4.69, 9.17) is 0 Å². The molecular formula is C14H22N2OS. The average molecular weight is 266 g/mol. The van der Waals surface area contributed by atoms with Gasteiger partial charge in [0.1, 0.15) is 0 Å². The van der Waals surface area contributed by atoms with Gasteiger partial charge in [0.2, 0.25) is 5.91 Å². The number of nitrogens with one attached hydrogen (secondary N) is 1. The van der Waals surface area contributed by atoms with Crippen LogP contribution in [-0.2, 0) is 4.79 Å². The summed E-state index contributed by atoms with van der Waals surface area (Å²) >= 11 is 1.63. The first kappa shape index (κ1) is 14.9. The van der Waals surface area contributed by atoms with Crippen LogP contribution in [0.5, 0.6) is 0 Å². The van der Waals surface area contributed by atoms with Crippen LogP contribution in [0.3, 0.4) is 0 Å². The third-order valence-corrected chi connectivity index (χ3v) is 3.71. The zero-order chi connectivity index (χ0) is 13.2. The lowest BCUT2D eigenvalue weighted by molar-refractivity contribution is -0.121. The molecule has 0 atom stereocenters. The SMILES string of the molecule is CCCCCCCC(=O)NN=C(C)c1cccs1. The number of hydrazone groups is 1. The Kier molecular flexibility index (Phi) is 7.34. The topological polar surface area (TPSA) is 41.5 Å². The monoisotopic (exact) mass is 266 g/mol. The summed E-state index contributed by atoms with van der Waals surface area (Å²) in [4.78, 5) is 12.6. The van der Waals surface area contributed by atoms with Crippen LogP contribution >= 0.6 is 11.3 Å². The number of amides is 1. The predicted octanol–water partition coefficient (Wildman–Crippen LogP) is 3.95. The average Bonchev–Trinajstić information content (AvgIpc) is 2.89. The van der Waals surface area contributed by atoms with Gasteiger partial charge in [-0.25, -0.2) is 5.43 Å². The van der Waals surface area contributed by atoms with Crippen molar-refractivity contribution in [3.05, 3.63) is 22.4 Å². The molecule has 4 heteroatoms. The van der Waals surface area contributed by atoms with Crippen molar-refractivity contribution >= 4 is 23.0 Å². The molecule has 0 saturated carbocycles. The Balaban J connectivity index is 2.18. The fourth-order valence-electron chi connectivity index (χ4n) is 1.63. The summed E-state index contributed by atoms with van der Waals surface area (Å²) in [5.41, 5.74) is 3.48. The molecular weight excluding hydrogens is 244 g/mol. The Morgan fingerprint density at radius 2 is 2.11 bits per heavy atom. The Morgan fingerprint density at radius 3 is 2.78 bits per heavy atom. The van der Waals surface area contributed by atoms with Crippen LogP contribution in [0.4, 0.5) is 0 Å². The number of carbonyl (C=O) groups is 1. The van der Waals surface area contributed by atoms with Crippen LogP contribution in [0.2, 0.25) is 0 Å². The van der Waals surface area contributed by atoms with Crippen molar-refractivity contribution < 1.29 is 4.79 Å². The molecule has 0 fully saturated rings. The van der Waals surface area contributed by atoms with E-state index >= 15 is 0 Å². The summed E-state index contributed by atoms with van der Waals surface area (Å²) in [5.74, 6) is 0.0161. The highest BCUT2D eigenvalue weighted by Gasteiger charge is 2.01. The van der Waals surface area contributed by atoms with Crippen molar-refractivity contribution in [2.24, 2.45) is 5.10 Å². The first-order chi connectivity index (χ1) is 8.74. The number of thiophene rings is 1. The molecule has 0 aliphatic carbocycles. The van der Waals surface area contributed by atoms with Gasteiger partial charge < -0.3 is 0 Å². The van der Waals surface area contributed by atoms with Gasteiger partial charge in [-0.1, -0.05) is 38.7 Å². The smallest absolute Gasteiger partial charge is 0.240 e. The van der Waals surface area contributed by atoms with Crippen molar-refractivity contribution in [3.8, 4) is 0 Å². The molecule has 18 heavy (non-hydrogen) atoms. The van der Waals surface area contributed by atoms with E-state index in [1.165, 1.54) is 19.3 Å². The Bertz CT molecular complexity index is 371. The Labute approximate surface area is 113 Å². The summed E-state index contributed by atoms with van der Waals surface area (Å²) in [6, 6.07) is 3.98. The van der Waals surface area contributed by atoms with E-state index in [9.17, 15) is 4.79 Å². The van der Waals surface area contributed by atoms with Crippen LogP contribution in [-0.4, -0.2) is 11.6 Å². The van der Waals surface area contributed by atoms with Crippen molar-refractivity contribution in [3.63, 3.8) is 0 Å². The molecule has 100 valence electrons. The first-order valence-electron chi connectivity index (χ1n) is 6.61. The maximum atomic E-state index is 11.5. The molecule has 0 aliphatic heterocycles. The second-order valence-electron chi connectivity index (χ2n) is 4.37. The van der Waals surface area contributed by atoms with Crippen LogP contribution in [0, 0.1) is 0 Å². The zero-order valence-electron chi connectivity index (χ0n) is 11.2. The molecule has 0 aromatic carbocycles. The molecule has 1 aromatic rings. The number of unbranched alkanes of at least 4 members (excludes halogenated alkanes) is 4. The third-order valence-electron chi connectivity index (χ3n) is 2.73. The predicted molar refractivity (Wildman–Crippen MR) is 78.0 cm³/mol. The lowest BCUT2D eigenvalue weighted by Gasteiger charge is -2.01. The molecule has 1 amide bonds. The van der Waals surface area contributed by atoms with Crippen molar-refractivity contribution in [1.29, 1.82) is 0 Å². The first-order valence-corrected chi connectivity index (χ1v) is 7.49. The van der Waals surface area contributed by atoms with Gasteiger partial charge in [0.25, 0.3) is 0 Å². The van der Waals surface area contributed by atoms with E-state index < -0.39 is 0 Å². The van der Waals surface area contributed by atoms with E-state index in [2.05, 4.69) is 17.5 Å². The summed E-state index contributed by atoms with van der Waals surface area (Å²) in [5, 5.41) is 6.11. The number of rotatable bonds is 8. The van der Waals surface area contributed by atoms with Crippen LogP contribution in [0.1, 0.15) is 57.2 Å². The van der Waals surface area contributed by atoms with Gasteiger partial charge in [-0.3, -0.25) is 4.79 Å². The van der Waals surface area contributed by atoms with Gasteiger partial charge in [-0.05, 0) is 24.8 Å². The highest BCUT2D eigenvalue weighted by molar-refractivity contribution is 7.12. The highest BCUT2D eigenvalue weighted by atomic mass is 32.1. The number of carbonyl (C=O) groups excluding carboxylic acids is 1. The van der Waals surface area contributed by atoms with Crippen molar-refractivity contribution in [2.75, 3.05) is 0 Å². The largest absolute Gasteiger partial charge is 0.273 e. The standard InChI is InChI=1S/C14H22N2OS/c1-3-4-5-6-7-10-14(17)16-15-12(2)13-9-8-11-18-13/h8-9,11H,3-7,10H2,1-2H3,(H,16,17). The highest BCUT2D eigenvalue weighted by Crippen LogP contribution is 2.09. The van der Waals surface area contributed by atoms with E-state index in [0.29, 0.717) is 6.42 Å². The normalized spacial score (nSPS) is 11.6. The van der Waals surface area contributed by atoms with E-state index in [1.807, 2.05) is 24.4 Å². The van der Waals surface area contributed by atoms with Gasteiger partial charge in [0.05, 0.1) is 5.71 Å². The van der Waals surface area contributed by atoms with Gasteiger partial charge >= 0.3 is 0 Å². The summed E-state index contributed by atoms with van der Waals surface area (Å²) in [7, 11) is 0. The number of hydrogen-bond donors (Lipinski definition) is 1. The van der Waals surface area contributed by atoms with Gasteiger partial charge in [-0.15, -0.1) is 11.3 Å². The summed E-state index contributed by atoms with van der Waals surface area (Å²) in [6.45, 7) is 4.10. The van der Waals surface area contributed by atoms with E-state index in [0.717, 1.165) is 23.4 Å². The Morgan fingerprint density at radius 1 is 1.33 bits per heavy atom. The van der Waals surface area contributed by atoms with Gasteiger partial charge in [0, 0.05) is 11.3 Å². The van der Waals surface area contributed by atoms with Crippen LogP contribution in [0.25, 0.3) is 0 Å². The Hall–Kier alpha value is -1.16. The fourth-order valence-corrected chi connectivity index (χ4v) is 2.31. The summed E-state index contributed by atoms with van der Waals surface area (Å²) < 4.78 is 0. The minimum Gasteiger partial charge on any atom is -0.273 e. The van der Waals surface area contributed by atoms with E-state index in [1.54, 1.807) is 11.3 Å². The third kappa shape index (κ3) is 5.96. The number of nitrogens with zero attached hydrogens (tertiary/aromatic N) is 1. The van der Waals surface area contributed by atoms with Crippen molar-refractivity contribution in [1.82, 2.24) is 5.43 Å². The van der Waals surface area contributed by atoms with Crippen molar-refractivity contribution in [2.45, 2.75) is 52.4 Å². The molecule has 1 heterocycles. The molecule has 1 aromatic heterocycles. The molecule has 0 bridgehead atoms. The maximum absolute atomic E-state index is 11.5. The summed E-state index contributed by atoms with van der Waals surface area (Å²) in [6.07, 6.45) is 6.38. The van der Waals surface area contributed by atoms with Gasteiger partial charge in [-0.2, -0.15) is 5.10 Å². The molecule has 1 N–H and O–H groups in total. The lowest BCUT2D eigenvalue weighted by atomic mass is 10.1. The lowest BCUT2D eigenvalue weighted by Crippen LogP contribution is -2.18. The second-order valence-corrected chi connectivity index (χ2v) is 5.32. The molecule has 0 unspecified atom stereocenters. The minimum absolute atomic E-state index is 0.0161. The zero-order valence-corrected chi connectivity index (χ0v) is 12.1. The fraction of sp³-hybridized carbons (Fsp3) is 0.571. The van der Waals surface area contributed by atoms with Crippen LogP contribution < -0.4 is 5.43 Å². The molecule has 0 radical (unpaired) electrons. The molecule has 0 aliphatic rings. The van der Waals surface area contributed by atoms with Crippen LogP contribution in [0.15, 0.2) is 22.6 Å². The number of hydrogen-bond acceptors (Lipinski definition) is 3.